The number of carboxylic acid groups (broad SMARTS) is 1. The van der Waals surface area contributed by atoms with Gasteiger partial charge in [-0.2, -0.15) is 0 Å². The zero-order valence-corrected chi connectivity index (χ0v) is 22.4. The molecule has 0 spiro atoms. The highest BCUT2D eigenvalue weighted by Crippen LogP contribution is 2.41. The number of carboxylic acids is 1. The summed E-state index contributed by atoms with van der Waals surface area (Å²) in [6, 6.07) is 12.6. The van der Waals surface area contributed by atoms with E-state index >= 15 is 0 Å². The van der Waals surface area contributed by atoms with E-state index in [0.717, 1.165) is 0 Å². The van der Waals surface area contributed by atoms with Crippen LogP contribution >= 0.6 is 0 Å². The van der Waals surface area contributed by atoms with Crippen molar-refractivity contribution in [1.82, 2.24) is 25.8 Å². The number of amidine groups is 1. The molecule has 7 N–H and O–H groups in total. The van der Waals surface area contributed by atoms with Crippen molar-refractivity contribution in [2.45, 2.75) is 31.0 Å². The number of piperazine rings is 2. The van der Waals surface area contributed by atoms with Crippen LogP contribution in [0, 0.1) is 5.41 Å². The molecule has 0 bridgehead atoms. The Morgan fingerprint density at radius 1 is 1.00 bits per heavy atom. The van der Waals surface area contributed by atoms with E-state index in [0.29, 0.717) is 24.2 Å². The first-order valence-corrected chi connectivity index (χ1v) is 13.3. The Morgan fingerprint density at radius 3 is 2.15 bits per heavy atom. The zero-order chi connectivity index (χ0) is 28.9. The molecule has 4 rings (SSSR count). The fourth-order valence-corrected chi connectivity index (χ4v) is 5.76. The molecule has 0 aliphatic carbocycles. The molecule has 2 saturated heterocycles. The molecule has 2 fully saturated rings. The zero-order valence-electron chi connectivity index (χ0n) is 22.4. The number of nitrogens with two attached hydrogens (primary N) is 1. The summed E-state index contributed by atoms with van der Waals surface area (Å²) >= 11 is 0. The average Bonchev–Trinajstić information content (AvgIpc) is 2.96. The van der Waals surface area contributed by atoms with E-state index in [4.69, 9.17) is 11.1 Å². The third kappa shape index (κ3) is 5.40. The van der Waals surface area contributed by atoms with E-state index in [9.17, 15) is 24.3 Å². The molecule has 212 valence electrons. The number of hydrogen-bond acceptors (Lipinski definition) is 7. The number of carbonyl (C=O) groups is 4. The summed E-state index contributed by atoms with van der Waals surface area (Å²) in [5, 5.41) is 27.5. The first-order valence-electron chi connectivity index (χ1n) is 13.3. The van der Waals surface area contributed by atoms with Gasteiger partial charge in [0.15, 0.2) is 6.04 Å². The Balaban J connectivity index is 1.92. The molecule has 40 heavy (non-hydrogen) atoms. The van der Waals surface area contributed by atoms with Crippen molar-refractivity contribution in [3.8, 4) is 0 Å². The quantitative estimate of drug-likeness (QED) is 0.172. The summed E-state index contributed by atoms with van der Waals surface area (Å²) < 4.78 is 0. The van der Waals surface area contributed by atoms with Gasteiger partial charge < -0.3 is 36.6 Å². The van der Waals surface area contributed by atoms with Crippen LogP contribution in [0.3, 0.4) is 0 Å². The van der Waals surface area contributed by atoms with Crippen LogP contribution in [0.25, 0.3) is 0 Å². The number of benzene rings is 2. The smallest absolute Gasteiger partial charge is 0.329 e. The maximum atomic E-state index is 13.6. The maximum Gasteiger partial charge on any atom is 0.329 e. The van der Waals surface area contributed by atoms with Crippen molar-refractivity contribution in [1.29, 1.82) is 5.41 Å². The minimum Gasteiger partial charge on any atom is -0.480 e. The molecular weight excluding hydrogens is 514 g/mol. The summed E-state index contributed by atoms with van der Waals surface area (Å²) in [5.41, 5.74) is 5.15. The molecule has 12 nitrogen and oxygen atoms in total. The predicted octanol–water partition coefficient (Wildman–Crippen LogP) is -0.309. The lowest BCUT2D eigenvalue weighted by Gasteiger charge is -2.55. The summed E-state index contributed by atoms with van der Waals surface area (Å²) in [5.74, 6) is -2.63. The SMILES string of the molecule is CCC(NC(=O)c1ccc(C(=N)N)cc1)C(c1ccccc1)(C(C(=O)O)N1CCNCC1=O)N1CCNCC1=O. The second kappa shape index (κ2) is 12.3. The average molecular weight is 550 g/mol. The molecule has 2 aromatic rings. The van der Waals surface area contributed by atoms with E-state index < -0.39 is 35.4 Å². The van der Waals surface area contributed by atoms with Gasteiger partial charge >= 0.3 is 5.97 Å². The largest absolute Gasteiger partial charge is 0.480 e. The van der Waals surface area contributed by atoms with E-state index in [2.05, 4.69) is 16.0 Å². The van der Waals surface area contributed by atoms with Gasteiger partial charge in [-0.25, -0.2) is 4.79 Å². The van der Waals surface area contributed by atoms with E-state index in [1.807, 2.05) is 6.92 Å². The fourth-order valence-electron chi connectivity index (χ4n) is 5.76. The Hall–Kier alpha value is -4.29. The Morgan fingerprint density at radius 2 is 1.60 bits per heavy atom. The lowest BCUT2D eigenvalue weighted by atomic mass is 9.72. The van der Waals surface area contributed by atoms with Crippen LogP contribution in [0.4, 0.5) is 0 Å². The topological polar surface area (TPSA) is 181 Å². The van der Waals surface area contributed by atoms with E-state index in [-0.39, 0.29) is 49.9 Å². The molecule has 3 amide bonds. The summed E-state index contributed by atoms with van der Waals surface area (Å²) in [6.07, 6.45) is 0.257. The van der Waals surface area contributed by atoms with Crippen LogP contribution in [0.1, 0.15) is 34.8 Å². The highest BCUT2D eigenvalue weighted by molar-refractivity contribution is 5.98. The van der Waals surface area contributed by atoms with Gasteiger partial charge in [0, 0.05) is 37.3 Å². The molecule has 2 aromatic carbocycles. The highest BCUT2D eigenvalue weighted by Gasteiger charge is 2.59. The second-order valence-corrected chi connectivity index (χ2v) is 9.84. The number of nitrogens with zero attached hydrogens (tertiary/aromatic N) is 2. The van der Waals surface area contributed by atoms with Crippen molar-refractivity contribution in [3.05, 3.63) is 71.3 Å². The number of rotatable bonds is 10. The van der Waals surface area contributed by atoms with E-state index in [1.165, 1.54) is 21.9 Å². The van der Waals surface area contributed by atoms with Crippen molar-refractivity contribution in [3.63, 3.8) is 0 Å². The van der Waals surface area contributed by atoms with Crippen LogP contribution in [-0.4, -0.2) is 95.8 Å². The molecule has 2 heterocycles. The Bertz CT molecular complexity index is 1270. The number of nitrogen functional groups attached to an aromatic ring is 1. The van der Waals surface area contributed by atoms with Gasteiger partial charge in [-0.05, 0) is 24.1 Å². The van der Waals surface area contributed by atoms with Crippen molar-refractivity contribution >= 4 is 29.5 Å². The van der Waals surface area contributed by atoms with Crippen molar-refractivity contribution in [2.24, 2.45) is 5.73 Å². The van der Waals surface area contributed by atoms with Gasteiger partial charge in [0.2, 0.25) is 11.8 Å². The van der Waals surface area contributed by atoms with Gasteiger partial charge in [-0.3, -0.25) is 19.8 Å². The number of hydrogen-bond donors (Lipinski definition) is 6. The van der Waals surface area contributed by atoms with Crippen LogP contribution in [0.15, 0.2) is 54.6 Å². The molecule has 12 heteroatoms. The molecule has 3 atom stereocenters. The predicted molar refractivity (Wildman–Crippen MR) is 148 cm³/mol. The van der Waals surface area contributed by atoms with Gasteiger partial charge in [-0.1, -0.05) is 49.4 Å². The third-order valence-electron chi connectivity index (χ3n) is 7.56. The minimum atomic E-state index is -1.64. The molecule has 0 radical (unpaired) electrons. The fraction of sp³-hybridized carbons (Fsp3) is 0.393. The normalized spacial score (nSPS) is 18.9. The van der Waals surface area contributed by atoms with Crippen LogP contribution in [0.5, 0.6) is 0 Å². The lowest BCUT2D eigenvalue weighted by Crippen LogP contribution is -2.75. The Kier molecular flexibility index (Phi) is 8.80. The van der Waals surface area contributed by atoms with Gasteiger partial charge in [0.05, 0.1) is 19.1 Å². The number of carbonyl (C=O) groups excluding carboxylic acids is 3. The van der Waals surface area contributed by atoms with Crippen LogP contribution in [0.2, 0.25) is 0 Å². The van der Waals surface area contributed by atoms with Crippen LogP contribution in [-0.2, 0) is 19.9 Å². The molecule has 0 saturated carbocycles. The highest BCUT2D eigenvalue weighted by atomic mass is 16.4. The third-order valence-corrected chi connectivity index (χ3v) is 7.56. The minimum absolute atomic E-state index is 0.00663. The van der Waals surface area contributed by atoms with E-state index in [1.54, 1.807) is 42.5 Å². The first-order chi connectivity index (χ1) is 19.2. The lowest BCUT2D eigenvalue weighted by molar-refractivity contribution is -0.167. The summed E-state index contributed by atoms with van der Waals surface area (Å²) in [6.45, 7) is 2.88. The summed E-state index contributed by atoms with van der Waals surface area (Å²) in [7, 11) is 0. The Labute approximate surface area is 232 Å². The standard InChI is InChI=1S/C28H35N7O5/c1-2-21(33-26(38)19-10-8-18(9-11-19)25(29)30)28(20-6-4-3-5-7-20,35-15-13-32-17-23(35)37)24(27(39)40)34-14-12-31-16-22(34)36/h3-11,21,24,31-32H,2,12-17H2,1H3,(H3,29,30)(H,33,38)(H,39,40). The van der Waals surface area contributed by atoms with Crippen molar-refractivity contribution in [2.75, 3.05) is 39.3 Å². The van der Waals surface area contributed by atoms with Crippen molar-refractivity contribution < 1.29 is 24.3 Å². The van der Waals surface area contributed by atoms with Crippen LogP contribution < -0.4 is 21.7 Å². The molecule has 2 aliphatic heterocycles. The number of nitrogens with one attached hydrogen (secondary N) is 4. The number of amides is 3. The first kappa shape index (κ1) is 28.7. The maximum absolute atomic E-state index is 13.6. The molecule has 3 unspecified atom stereocenters. The summed E-state index contributed by atoms with van der Waals surface area (Å²) in [4.78, 5) is 56.5. The molecule has 2 aliphatic rings. The molecular formula is C28H35N7O5. The van der Waals surface area contributed by atoms with Gasteiger partial charge in [-0.15, -0.1) is 0 Å². The monoisotopic (exact) mass is 549 g/mol. The number of aliphatic carboxylic acids is 1. The van der Waals surface area contributed by atoms with Gasteiger partial charge in [0.25, 0.3) is 5.91 Å². The van der Waals surface area contributed by atoms with Gasteiger partial charge in [0.1, 0.15) is 11.4 Å². The second-order valence-electron chi connectivity index (χ2n) is 9.84. The molecule has 0 aromatic heterocycles.